The average molecular weight is 524 g/mol. The summed E-state index contributed by atoms with van der Waals surface area (Å²) in [4.78, 5) is 0. The summed E-state index contributed by atoms with van der Waals surface area (Å²) >= 11 is 23.9. The van der Waals surface area contributed by atoms with Gasteiger partial charge in [0.25, 0.3) is 0 Å². The molecule has 0 amide bonds. The molecule has 0 atom stereocenters. The highest BCUT2D eigenvalue weighted by Crippen LogP contribution is 2.39. The molecule has 0 aliphatic rings. The lowest BCUT2D eigenvalue weighted by atomic mass is 10.2. The molecule has 2 rings (SSSR count). The van der Waals surface area contributed by atoms with E-state index in [1.807, 2.05) is 6.07 Å². The highest BCUT2D eigenvalue weighted by molar-refractivity contribution is 9.17. The van der Waals surface area contributed by atoms with E-state index in [4.69, 9.17) is 40.1 Å². The van der Waals surface area contributed by atoms with E-state index in [1.165, 1.54) is 6.20 Å². The Balaban J connectivity index is 2.67. The Kier molecular flexibility index (Phi) is 5.93. The predicted octanol–water partition coefficient (Wildman–Crippen LogP) is 6.72. The third-order valence-corrected chi connectivity index (χ3v) is 5.54. The Morgan fingerprint density at radius 2 is 1.75 bits per heavy atom. The van der Waals surface area contributed by atoms with E-state index in [2.05, 4.69) is 37.0 Å². The van der Waals surface area contributed by atoms with Gasteiger partial charge in [0, 0.05) is 11.8 Å². The second-order valence-electron chi connectivity index (χ2n) is 4.31. The number of nitrogens with zero attached hydrogens (tertiary/aromatic N) is 3. The Hall–Kier alpha value is -0.720. The summed E-state index contributed by atoms with van der Waals surface area (Å²) in [6.45, 7) is 0. The number of halogens is 8. The summed E-state index contributed by atoms with van der Waals surface area (Å²) in [6.07, 6.45) is -3.22. The van der Waals surface area contributed by atoms with Crippen LogP contribution in [0, 0.1) is 11.3 Å². The van der Waals surface area contributed by atoms with Crippen LogP contribution in [-0.4, -0.2) is 9.78 Å². The van der Waals surface area contributed by atoms with Gasteiger partial charge in [-0.3, -0.25) is 0 Å². The van der Waals surface area contributed by atoms with Crippen molar-refractivity contribution in [2.75, 3.05) is 0 Å². The first kappa shape index (κ1) is 19.6. The normalized spacial score (nSPS) is 12.8. The first-order valence-electron chi connectivity index (χ1n) is 5.83. The van der Waals surface area contributed by atoms with Gasteiger partial charge in [-0.15, -0.1) is 0 Å². The largest absolute Gasteiger partial charge is 0.416 e. The van der Waals surface area contributed by atoms with Crippen LogP contribution in [0.5, 0.6) is 0 Å². The molecule has 3 nitrogen and oxygen atoms in total. The zero-order valence-electron chi connectivity index (χ0n) is 11.1. The van der Waals surface area contributed by atoms with Crippen molar-refractivity contribution in [3.05, 3.63) is 49.1 Å². The monoisotopic (exact) mass is 521 g/mol. The maximum atomic E-state index is 12.8. The molecule has 24 heavy (non-hydrogen) atoms. The molecule has 0 unspecified atom stereocenters. The van der Waals surface area contributed by atoms with E-state index < -0.39 is 11.7 Å². The van der Waals surface area contributed by atoms with Crippen molar-refractivity contribution in [2.24, 2.45) is 0 Å². The van der Waals surface area contributed by atoms with Crippen molar-refractivity contribution in [1.29, 1.82) is 5.26 Å². The summed E-state index contributed by atoms with van der Waals surface area (Å²) in [5.41, 5.74) is -0.684. The molecular formula is C13H3Br2Cl3F3N3. The molecule has 0 saturated carbocycles. The van der Waals surface area contributed by atoms with Crippen molar-refractivity contribution < 1.29 is 13.2 Å². The van der Waals surface area contributed by atoms with Gasteiger partial charge >= 0.3 is 6.18 Å². The molecule has 1 heterocycles. The van der Waals surface area contributed by atoms with Gasteiger partial charge in [0.1, 0.15) is 11.8 Å². The van der Waals surface area contributed by atoms with Crippen molar-refractivity contribution in [3.8, 4) is 11.8 Å². The lowest BCUT2D eigenvalue weighted by molar-refractivity contribution is -0.137. The Labute approximate surface area is 165 Å². The van der Waals surface area contributed by atoms with Crippen LogP contribution in [-0.2, 0) is 6.18 Å². The smallest absolute Gasteiger partial charge is 0.236 e. The molecule has 126 valence electrons. The topological polar surface area (TPSA) is 41.6 Å². The lowest BCUT2D eigenvalue weighted by Gasteiger charge is -2.12. The van der Waals surface area contributed by atoms with Crippen molar-refractivity contribution in [3.63, 3.8) is 0 Å². The van der Waals surface area contributed by atoms with Crippen molar-refractivity contribution in [2.45, 2.75) is 6.18 Å². The van der Waals surface area contributed by atoms with Crippen LogP contribution >= 0.6 is 66.7 Å². The van der Waals surface area contributed by atoms with E-state index >= 15 is 0 Å². The van der Waals surface area contributed by atoms with Crippen LogP contribution in [0.1, 0.15) is 16.8 Å². The molecule has 0 saturated heterocycles. The fourth-order valence-corrected chi connectivity index (χ4v) is 3.05. The van der Waals surface area contributed by atoms with Gasteiger partial charge in [-0.05, 0) is 44.0 Å². The van der Waals surface area contributed by atoms with Gasteiger partial charge in [-0.2, -0.15) is 23.5 Å². The van der Waals surface area contributed by atoms with Gasteiger partial charge in [0.15, 0.2) is 5.69 Å². The highest BCUT2D eigenvalue weighted by atomic mass is 79.9. The first-order valence-corrected chi connectivity index (χ1v) is 8.55. The van der Waals surface area contributed by atoms with Crippen LogP contribution in [0.3, 0.4) is 0 Å². The van der Waals surface area contributed by atoms with E-state index in [0.29, 0.717) is 10.0 Å². The zero-order valence-corrected chi connectivity index (χ0v) is 16.5. The van der Waals surface area contributed by atoms with Gasteiger partial charge in [0.05, 0.1) is 24.0 Å². The minimum Gasteiger partial charge on any atom is -0.236 e. The molecule has 2 aromatic rings. The molecular weight excluding hydrogens is 521 g/mol. The van der Waals surface area contributed by atoms with E-state index in [9.17, 15) is 13.2 Å². The molecule has 0 spiro atoms. The number of hydrogen-bond donors (Lipinski definition) is 0. The summed E-state index contributed by atoms with van der Waals surface area (Å²) in [6, 6.07) is 3.32. The van der Waals surface area contributed by atoms with Crippen molar-refractivity contribution >= 4 is 71.1 Å². The Bertz CT molecular complexity index is 858. The number of aromatic nitrogens is 2. The summed E-state index contributed by atoms with van der Waals surface area (Å²) in [7, 11) is 0. The Morgan fingerprint density at radius 1 is 1.21 bits per heavy atom. The molecule has 1 aromatic heterocycles. The van der Waals surface area contributed by atoms with Gasteiger partial charge in [-0.1, -0.05) is 34.8 Å². The quantitative estimate of drug-likeness (QED) is 0.438. The molecule has 1 aromatic carbocycles. The number of benzene rings is 1. The van der Waals surface area contributed by atoms with Crippen LogP contribution in [0.15, 0.2) is 22.3 Å². The lowest BCUT2D eigenvalue weighted by Crippen LogP contribution is -2.07. The molecule has 0 radical (unpaired) electrons. The number of nitriles is 1. The van der Waals surface area contributed by atoms with Crippen LogP contribution in [0.4, 0.5) is 13.2 Å². The second-order valence-corrected chi connectivity index (χ2v) is 7.54. The fraction of sp³-hybridized carbons (Fsp3) is 0.0769. The predicted molar refractivity (Wildman–Crippen MR) is 93.9 cm³/mol. The summed E-state index contributed by atoms with van der Waals surface area (Å²) < 4.78 is 40.0. The number of hydrogen-bond acceptors (Lipinski definition) is 2. The van der Waals surface area contributed by atoms with E-state index in [-0.39, 0.29) is 25.4 Å². The van der Waals surface area contributed by atoms with Gasteiger partial charge in [-0.25, -0.2) is 4.68 Å². The highest BCUT2D eigenvalue weighted by Gasteiger charge is 2.32. The van der Waals surface area contributed by atoms with Crippen molar-refractivity contribution in [1.82, 2.24) is 9.78 Å². The van der Waals surface area contributed by atoms with Gasteiger partial charge in [0.2, 0.25) is 0 Å². The average Bonchev–Trinajstić information content (AvgIpc) is 2.88. The summed E-state index contributed by atoms with van der Waals surface area (Å²) in [5, 5.41) is 12.6. The SMILES string of the molecule is N#Cc1nn(-c2c(Cl)cc(C(F)(F)F)cc2Cl)cc1C(Br)=C(Cl)Br. The fourth-order valence-electron chi connectivity index (χ4n) is 1.78. The van der Waals surface area contributed by atoms with Crippen LogP contribution in [0.25, 0.3) is 10.2 Å². The standard InChI is InChI=1S/C13H3Br2Cl3F3N3/c14-10(12(15)18)6-4-24(23-9(6)3-22)11-7(16)1-5(2-8(11)17)13(19,20)21/h1-2,4H. The van der Waals surface area contributed by atoms with E-state index in [0.717, 1.165) is 16.8 Å². The molecule has 0 aliphatic carbocycles. The molecule has 0 fully saturated rings. The van der Waals surface area contributed by atoms with Crippen LogP contribution < -0.4 is 0 Å². The minimum atomic E-state index is -4.59. The zero-order chi connectivity index (χ0) is 18.2. The molecule has 0 N–H and O–H groups in total. The van der Waals surface area contributed by atoms with Gasteiger partial charge < -0.3 is 0 Å². The third kappa shape index (κ3) is 3.92. The number of alkyl halides is 3. The second kappa shape index (κ2) is 7.26. The third-order valence-electron chi connectivity index (χ3n) is 2.80. The first-order chi connectivity index (χ1) is 11.1. The maximum absolute atomic E-state index is 12.8. The minimum absolute atomic E-state index is 0.0140. The van der Waals surface area contributed by atoms with E-state index in [1.54, 1.807) is 0 Å². The Morgan fingerprint density at radius 3 is 2.17 bits per heavy atom. The maximum Gasteiger partial charge on any atom is 0.416 e. The molecule has 0 bridgehead atoms. The molecule has 0 aliphatic heterocycles. The summed E-state index contributed by atoms with van der Waals surface area (Å²) in [5.74, 6) is 0. The number of rotatable bonds is 2. The van der Waals surface area contributed by atoms with Crippen LogP contribution in [0.2, 0.25) is 10.0 Å². The molecule has 11 heteroatoms.